The molecule has 3 heteroatoms. The number of benzene rings is 8. The average Bonchev–Trinajstić information content (AvgIpc) is 3.17. The third-order valence-electron chi connectivity index (χ3n) is 9.09. The van der Waals surface area contributed by atoms with Gasteiger partial charge in [-0.25, -0.2) is 15.0 Å². The van der Waals surface area contributed by atoms with Crippen molar-refractivity contribution in [1.82, 2.24) is 15.0 Å². The van der Waals surface area contributed by atoms with Crippen molar-refractivity contribution in [2.24, 2.45) is 0 Å². The van der Waals surface area contributed by atoms with Crippen LogP contribution in [0, 0.1) is 0 Å². The number of rotatable bonds is 5. The Morgan fingerprint density at radius 1 is 0.250 bits per heavy atom. The minimum atomic E-state index is 0.642. The van der Waals surface area contributed by atoms with Gasteiger partial charge in [0, 0.05) is 16.7 Å². The molecule has 0 amide bonds. The third kappa shape index (κ3) is 5.08. The quantitative estimate of drug-likeness (QED) is 0.194. The molecule has 9 aromatic rings. The van der Waals surface area contributed by atoms with Crippen LogP contribution in [-0.4, -0.2) is 15.0 Å². The second-order valence-corrected chi connectivity index (χ2v) is 12.1. The van der Waals surface area contributed by atoms with E-state index in [0.717, 1.165) is 33.0 Å². The normalized spacial score (nSPS) is 11.3. The molecule has 9 rings (SSSR count). The van der Waals surface area contributed by atoms with E-state index in [4.69, 9.17) is 15.0 Å². The maximum absolute atomic E-state index is 5.10. The van der Waals surface area contributed by atoms with Gasteiger partial charge in [-0.2, -0.15) is 0 Å². The molecule has 0 aliphatic heterocycles. The van der Waals surface area contributed by atoms with Gasteiger partial charge < -0.3 is 0 Å². The Morgan fingerprint density at radius 2 is 0.667 bits per heavy atom. The second kappa shape index (κ2) is 11.7. The molecule has 224 valence electrons. The Balaban J connectivity index is 1.20. The van der Waals surface area contributed by atoms with E-state index in [1.165, 1.54) is 38.2 Å². The standard InChI is InChI=1S/C45H29N3/c1-2-13-32(14-3-1)39-25-26-40(42-20-9-8-19-41(39)42)35-17-10-18-36(29-35)43-46-44(37-23-21-30-11-4-6-15-33(30)27-37)48-45(47-43)38-24-22-31-12-5-7-16-34(31)28-38/h1-29H. The van der Waals surface area contributed by atoms with Gasteiger partial charge in [0.05, 0.1) is 0 Å². The van der Waals surface area contributed by atoms with E-state index in [2.05, 4.69) is 176 Å². The van der Waals surface area contributed by atoms with Crippen LogP contribution in [0.5, 0.6) is 0 Å². The predicted molar refractivity (Wildman–Crippen MR) is 200 cm³/mol. The summed E-state index contributed by atoms with van der Waals surface area (Å²) in [6.45, 7) is 0. The van der Waals surface area contributed by atoms with Gasteiger partial charge in [0.25, 0.3) is 0 Å². The largest absolute Gasteiger partial charge is 0.208 e. The lowest BCUT2D eigenvalue weighted by atomic mass is 9.91. The van der Waals surface area contributed by atoms with Crippen LogP contribution in [0.3, 0.4) is 0 Å². The Kier molecular flexibility index (Phi) is 6.80. The summed E-state index contributed by atoms with van der Waals surface area (Å²) in [6, 6.07) is 61.8. The monoisotopic (exact) mass is 611 g/mol. The van der Waals surface area contributed by atoms with Gasteiger partial charge in [-0.15, -0.1) is 0 Å². The number of hydrogen-bond donors (Lipinski definition) is 0. The van der Waals surface area contributed by atoms with Gasteiger partial charge in [0.1, 0.15) is 0 Å². The molecule has 3 nitrogen and oxygen atoms in total. The van der Waals surface area contributed by atoms with E-state index in [1.54, 1.807) is 0 Å². The topological polar surface area (TPSA) is 38.7 Å². The molecule has 1 aromatic heterocycles. The lowest BCUT2D eigenvalue weighted by molar-refractivity contribution is 1.08. The van der Waals surface area contributed by atoms with Crippen LogP contribution in [0.1, 0.15) is 0 Å². The molecule has 0 fully saturated rings. The average molecular weight is 612 g/mol. The van der Waals surface area contributed by atoms with Crippen molar-refractivity contribution in [2.45, 2.75) is 0 Å². The zero-order valence-electron chi connectivity index (χ0n) is 26.1. The van der Waals surface area contributed by atoms with Crippen LogP contribution in [0.2, 0.25) is 0 Å². The van der Waals surface area contributed by atoms with Gasteiger partial charge in [0.2, 0.25) is 0 Å². The maximum atomic E-state index is 5.10. The maximum Gasteiger partial charge on any atom is 0.164 e. The zero-order valence-corrected chi connectivity index (χ0v) is 26.1. The fraction of sp³-hybridized carbons (Fsp3) is 0. The van der Waals surface area contributed by atoms with E-state index in [1.807, 2.05) is 0 Å². The SMILES string of the molecule is c1ccc(-c2ccc(-c3cccc(-c4nc(-c5ccc6ccccc6c5)nc(-c5ccc6ccccc6c5)n4)c3)c3ccccc23)cc1. The van der Waals surface area contributed by atoms with Gasteiger partial charge in [-0.3, -0.25) is 0 Å². The van der Waals surface area contributed by atoms with Gasteiger partial charge in [-0.05, 0) is 72.8 Å². The van der Waals surface area contributed by atoms with Crippen LogP contribution in [0.15, 0.2) is 176 Å². The number of nitrogens with zero attached hydrogens (tertiary/aromatic N) is 3. The number of hydrogen-bond acceptors (Lipinski definition) is 3. The fourth-order valence-corrected chi connectivity index (χ4v) is 6.67. The highest BCUT2D eigenvalue weighted by molar-refractivity contribution is 6.05. The molecule has 0 N–H and O–H groups in total. The van der Waals surface area contributed by atoms with E-state index in [0.29, 0.717) is 17.5 Å². The van der Waals surface area contributed by atoms with Crippen LogP contribution >= 0.6 is 0 Å². The van der Waals surface area contributed by atoms with Gasteiger partial charge >= 0.3 is 0 Å². The minimum Gasteiger partial charge on any atom is -0.208 e. The summed E-state index contributed by atoms with van der Waals surface area (Å²) in [4.78, 5) is 15.2. The molecule has 48 heavy (non-hydrogen) atoms. The van der Waals surface area contributed by atoms with Crippen molar-refractivity contribution in [3.05, 3.63) is 176 Å². The van der Waals surface area contributed by atoms with Crippen molar-refractivity contribution in [3.8, 4) is 56.4 Å². The van der Waals surface area contributed by atoms with E-state index in [9.17, 15) is 0 Å². The summed E-state index contributed by atoms with van der Waals surface area (Å²) in [7, 11) is 0. The van der Waals surface area contributed by atoms with Crippen LogP contribution in [0.4, 0.5) is 0 Å². The number of fused-ring (bicyclic) bond motifs is 3. The molecule has 0 aliphatic carbocycles. The second-order valence-electron chi connectivity index (χ2n) is 12.1. The van der Waals surface area contributed by atoms with Crippen molar-refractivity contribution in [1.29, 1.82) is 0 Å². The molecule has 0 spiro atoms. The smallest absolute Gasteiger partial charge is 0.164 e. The van der Waals surface area contributed by atoms with Crippen LogP contribution in [-0.2, 0) is 0 Å². The summed E-state index contributed by atoms with van der Waals surface area (Å²) < 4.78 is 0. The van der Waals surface area contributed by atoms with Crippen molar-refractivity contribution in [2.75, 3.05) is 0 Å². The van der Waals surface area contributed by atoms with Gasteiger partial charge in [-0.1, -0.05) is 158 Å². The molecule has 0 bridgehead atoms. The predicted octanol–water partition coefficient (Wildman–Crippen LogP) is 11.7. The highest BCUT2D eigenvalue weighted by Gasteiger charge is 2.15. The van der Waals surface area contributed by atoms with E-state index < -0.39 is 0 Å². The summed E-state index contributed by atoms with van der Waals surface area (Å²) in [5.41, 5.74) is 7.57. The van der Waals surface area contributed by atoms with E-state index >= 15 is 0 Å². The highest BCUT2D eigenvalue weighted by Crippen LogP contribution is 2.37. The Morgan fingerprint density at radius 3 is 1.23 bits per heavy atom. The first-order chi connectivity index (χ1) is 23.8. The Bertz CT molecular complexity index is 2530. The lowest BCUT2D eigenvalue weighted by Gasteiger charge is -2.13. The molecule has 0 atom stereocenters. The molecular weight excluding hydrogens is 583 g/mol. The number of aromatic nitrogens is 3. The zero-order chi connectivity index (χ0) is 31.9. The summed E-state index contributed by atoms with van der Waals surface area (Å²) in [5.74, 6) is 1.94. The molecule has 0 saturated heterocycles. The summed E-state index contributed by atoms with van der Waals surface area (Å²) >= 11 is 0. The summed E-state index contributed by atoms with van der Waals surface area (Å²) in [5, 5.41) is 7.10. The lowest BCUT2D eigenvalue weighted by Crippen LogP contribution is -2.00. The Hall–Kier alpha value is -6.45. The molecule has 0 aliphatic rings. The fourth-order valence-electron chi connectivity index (χ4n) is 6.67. The first-order valence-electron chi connectivity index (χ1n) is 16.2. The molecule has 1 heterocycles. The van der Waals surface area contributed by atoms with Crippen LogP contribution in [0.25, 0.3) is 88.7 Å². The van der Waals surface area contributed by atoms with Crippen LogP contribution < -0.4 is 0 Å². The first kappa shape index (κ1) is 27.8. The molecule has 0 unspecified atom stereocenters. The van der Waals surface area contributed by atoms with Crippen molar-refractivity contribution in [3.63, 3.8) is 0 Å². The molecule has 0 radical (unpaired) electrons. The molecule has 8 aromatic carbocycles. The van der Waals surface area contributed by atoms with Crippen molar-refractivity contribution < 1.29 is 0 Å². The van der Waals surface area contributed by atoms with Crippen molar-refractivity contribution >= 4 is 32.3 Å². The molecular formula is C45H29N3. The molecule has 0 saturated carbocycles. The first-order valence-corrected chi connectivity index (χ1v) is 16.2. The van der Waals surface area contributed by atoms with Gasteiger partial charge in [0.15, 0.2) is 17.5 Å². The van der Waals surface area contributed by atoms with E-state index in [-0.39, 0.29) is 0 Å². The minimum absolute atomic E-state index is 0.642. The highest BCUT2D eigenvalue weighted by atomic mass is 15.0. The Labute approximate surface area is 278 Å². The third-order valence-corrected chi connectivity index (χ3v) is 9.09. The summed E-state index contributed by atoms with van der Waals surface area (Å²) in [6.07, 6.45) is 0.